The first-order valence-electron chi connectivity index (χ1n) is 5.47. The van der Waals surface area contributed by atoms with E-state index < -0.39 is 0 Å². The van der Waals surface area contributed by atoms with E-state index >= 15 is 0 Å². The zero-order valence-electron chi connectivity index (χ0n) is 9.82. The number of aryl methyl sites for hydroxylation is 1. The molecule has 0 amide bonds. The van der Waals surface area contributed by atoms with Crippen molar-refractivity contribution in [2.24, 2.45) is 0 Å². The first-order chi connectivity index (χ1) is 7.63. The number of thiazole rings is 1. The Morgan fingerprint density at radius 3 is 3.00 bits per heavy atom. The molecule has 4 nitrogen and oxygen atoms in total. The maximum absolute atomic E-state index is 11.7. The van der Waals surface area contributed by atoms with Gasteiger partial charge in [-0.05, 0) is 19.8 Å². The number of aromatic nitrogens is 1. The van der Waals surface area contributed by atoms with Crippen LogP contribution in [0.15, 0.2) is 0 Å². The third kappa shape index (κ3) is 1.91. The van der Waals surface area contributed by atoms with Gasteiger partial charge in [-0.1, -0.05) is 0 Å². The molecule has 1 heterocycles. The fraction of sp³-hybridized carbons (Fsp3) is 0.636. The molecule has 0 saturated heterocycles. The SMILES string of the molecule is CCOC(=O)C1CCc2sc(N(C)C)nc21. The van der Waals surface area contributed by atoms with Crippen LogP contribution in [0.2, 0.25) is 0 Å². The topological polar surface area (TPSA) is 42.4 Å². The summed E-state index contributed by atoms with van der Waals surface area (Å²) < 4.78 is 5.06. The number of nitrogens with zero attached hydrogens (tertiary/aromatic N) is 2. The van der Waals surface area contributed by atoms with Crippen molar-refractivity contribution in [1.82, 2.24) is 4.98 Å². The maximum atomic E-state index is 11.7. The molecule has 16 heavy (non-hydrogen) atoms. The van der Waals surface area contributed by atoms with Crippen molar-refractivity contribution < 1.29 is 9.53 Å². The second-order valence-corrected chi connectivity index (χ2v) is 5.10. The van der Waals surface area contributed by atoms with Crippen molar-refractivity contribution in [1.29, 1.82) is 0 Å². The average molecular weight is 240 g/mol. The summed E-state index contributed by atoms with van der Waals surface area (Å²) in [4.78, 5) is 19.4. The van der Waals surface area contributed by atoms with E-state index in [0.717, 1.165) is 23.7 Å². The van der Waals surface area contributed by atoms with Crippen molar-refractivity contribution in [2.45, 2.75) is 25.7 Å². The molecule has 0 saturated carbocycles. The summed E-state index contributed by atoms with van der Waals surface area (Å²) in [7, 11) is 3.93. The van der Waals surface area contributed by atoms with E-state index in [1.807, 2.05) is 25.9 Å². The minimum Gasteiger partial charge on any atom is -0.465 e. The van der Waals surface area contributed by atoms with Gasteiger partial charge in [0.15, 0.2) is 5.13 Å². The summed E-state index contributed by atoms with van der Waals surface area (Å²) in [6.07, 6.45) is 1.80. The summed E-state index contributed by atoms with van der Waals surface area (Å²) in [6.45, 7) is 2.27. The van der Waals surface area contributed by atoms with E-state index in [-0.39, 0.29) is 11.9 Å². The van der Waals surface area contributed by atoms with E-state index in [0.29, 0.717) is 6.61 Å². The Kier molecular flexibility index (Phi) is 3.14. The van der Waals surface area contributed by atoms with Crippen LogP contribution in [0.25, 0.3) is 0 Å². The molecule has 0 fully saturated rings. The molecule has 0 aromatic carbocycles. The number of carbonyl (C=O) groups is 1. The van der Waals surface area contributed by atoms with Gasteiger partial charge in [0.1, 0.15) is 5.92 Å². The third-order valence-corrected chi connectivity index (χ3v) is 3.96. The van der Waals surface area contributed by atoms with Gasteiger partial charge in [0.05, 0.1) is 12.3 Å². The molecule has 1 unspecified atom stereocenters. The highest BCUT2D eigenvalue weighted by atomic mass is 32.1. The Labute approximate surface area is 99.2 Å². The predicted octanol–water partition coefficient (Wildman–Crippen LogP) is 1.80. The first-order valence-corrected chi connectivity index (χ1v) is 6.28. The number of fused-ring (bicyclic) bond motifs is 1. The summed E-state index contributed by atoms with van der Waals surface area (Å²) in [6, 6.07) is 0. The van der Waals surface area contributed by atoms with Crippen LogP contribution in [0, 0.1) is 0 Å². The number of hydrogen-bond acceptors (Lipinski definition) is 5. The van der Waals surface area contributed by atoms with Crippen molar-refractivity contribution in [3.63, 3.8) is 0 Å². The van der Waals surface area contributed by atoms with E-state index in [9.17, 15) is 4.79 Å². The second-order valence-electron chi connectivity index (χ2n) is 4.04. The van der Waals surface area contributed by atoms with E-state index in [4.69, 9.17) is 4.74 Å². The lowest BCUT2D eigenvalue weighted by molar-refractivity contribution is -0.145. The Morgan fingerprint density at radius 2 is 2.38 bits per heavy atom. The molecule has 1 aliphatic carbocycles. The van der Waals surface area contributed by atoms with Crippen LogP contribution in [-0.4, -0.2) is 31.7 Å². The van der Waals surface area contributed by atoms with Gasteiger partial charge in [-0.3, -0.25) is 4.79 Å². The molecule has 1 aliphatic rings. The molecule has 2 rings (SSSR count). The average Bonchev–Trinajstić information content (AvgIpc) is 2.75. The lowest BCUT2D eigenvalue weighted by atomic mass is 10.1. The Balaban J connectivity index is 2.21. The van der Waals surface area contributed by atoms with Crippen LogP contribution < -0.4 is 4.90 Å². The minimum absolute atomic E-state index is 0.128. The van der Waals surface area contributed by atoms with Gasteiger partial charge in [-0.25, -0.2) is 4.98 Å². The van der Waals surface area contributed by atoms with Crippen molar-refractivity contribution in [3.8, 4) is 0 Å². The summed E-state index contributed by atoms with van der Waals surface area (Å²) in [5, 5.41) is 0.971. The highest BCUT2D eigenvalue weighted by Crippen LogP contribution is 2.39. The molecular weight excluding hydrogens is 224 g/mol. The van der Waals surface area contributed by atoms with E-state index in [1.54, 1.807) is 11.3 Å². The molecule has 0 N–H and O–H groups in total. The zero-order valence-corrected chi connectivity index (χ0v) is 10.6. The van der Waals surface area contributed by atoms with Crippen LogP contribution in [0.1, 0.15) is 29.8 Å². The molecule has 0 radical (unpaired) electrons. The number of anilines is 1. The molecule has 88 valence electrons. The number of hydrogen-bond donors (Lipinski definition) is 0. The van der Waals surface area contributed by atoms with Crippen LogP contribution in [0.5, 0.6) is 0 Å². The lowest BCUT2D eigenvalue weighted by Crippen LogP contribution is -2.15. The highest BCUT2D eigenvalue weighted by molar-refractivity contribution is 7.15. The number of rotatable bonds is 3. The lowest BCUT2D eigenvalue weighted by Gasteiger charge is -2.09. The van der Waals surface area contributed by atoms with Crippen molar-refractivity contribution >= 4 is 22.4 Å². The number of esters is 1. The fourth-order valence-corrected chi connectivity index (χ4v) is 2.94. The fourth-order valence-electron chi connectivity index (χ4n) is 1.88. The minimum atomic E-state index is -0.139. The summed E-state index contributed by atoms with van der Waals surface area (Å²) in [5.41, 5.74) is 0.937. The van der Waals surface area contributed by atoms with Gasteiger partial charge in [0, 0.05) is 19.0 Å². The number of ether oxygens (including phenoxy) is 1. The maximum Gasteiger partial charge on any atom is 0.315 e. The van der Waals surface area contributed by atoms with E-state index in [2.05, 4.69) is 4.98 Å². The normalized spacial score (nSPS) is 18.3. The standard InChI is InChI=1S/C11H16N2O2S/c1-4-15-10(14)7-5-6-8-9(7)12-11(16-8)13(2)3/h7H,4-6H2,1-3H3. The van der Waals surface area contributed by atoms with Gasteiger partial charge >= 0.3 is 5.97 Å². The van der Waals surface area contributed by atoms with Crippen LogP contribution in [0.4, 0.5) is 5.13 Å². The summed E-state index contributed by atoms with van der Waals surface area (Å²) >= 11 is 1.68. The van der Waals surface area contributed by atoms with Crippen molar-refractivity contribution in [3.05, 3.63) is 10.6 Å². The summed E-state index contributed by atoms with van der Waals surface area (Å²) in [5.74, 6) is -0.267. The molecule has 0 aliphatic heterocycles. The Bertz CT molecular complexity index is 401. The first kappa shape index (κ1) is 11.4. The predicted molar refractivity (Wildman–Crippen MR) is 64.1 cm³/mol. The van der Waals surface area contributed by atoms with Crippen LogP contribution in [0.3, 0.4) is 0 Å². The van der Waals surface area contributed by atoms with Gasteiger partial charge in [0.2, 0.25) is 0 Å². The largest absolute Gasteiger partial charge is 0.465 e. The monoisotopic (exact) mass is 240 g/mol. The van der Waals surface area contributed by atoms with E-state index in [1.165, 1.54) is 4.88 Å². The van der Waals surface area contributed by atoms with Gasteiger partial charge in [-0.2, -0.15) is 0 Å². The second kappa shape index (κ2) is 4.41. The molecule has 1 aromatic heterocycles. The van der Waals surface area contributed by atoms with Crippen molar-refractivity contribution in [2.75, 3.05) is 25.6 Å². The van der Waals surface area contributed by atoms with Gasteiger partial charge in [0.25, 0.3) is 0 Å². The quantitative estimate of drug-likeness (QED) is 0.756. The number of carbonyl (C=O) groups excluding carboxylic acids is 1. The highest BCUT2D eigenvalue weighted by Gasteiger charge is 2.33. The molecule has 5 heteroatoms. The Hall–Kier alpha value is -1.10. The molecular formula is C11H16N2O2S. The van der Waals surface area contributed by atoms with Gasteiger partial charge in [-0.15, -0.1) is 11.3 Å². The molecule has 1 aromatic rings. The molecule has 0 bridgehead atoms. The zero-order chi connectivity index (χ0) is 11.7. The van der Waals surface area contributed by atoms with Gasteiger partial charge < -0.3 is 9.64 Å². The van der Waals surface area contributed by atoms with Crippen LogP contribution >= 0.6 is 11.3 Å². The third-order valence-electron chi connectivity index (χ3n) is 2.66. The molecule has 0 spiro atoms. The smallest absolute Gasteiger partial charge is 0.315 e. The molecule has 1 atom stereocenters. The Morgan fingerprint density at radius 1 is 1.62 bits per heavy atom. The van der Waals surface area contributed by atoms with Crippen LogP contribution in [-0.2, 0) is 16.0 Å².